The molecular weight excluding hydrogens is 328 g/mol. The average molecular weight is 360 g/mol. The lowest BCUT2D eigenvalue weighted by molar-refractivity contribution is -0.139. The molecule has 0 aliphatic carbocycles. The summed E-state index contributed by atoms with van der Waals surface area (Å²) in [5.74, 6) is 1.18. The van der Waals surface area contributed by atoms with E-state index in [2.05, 4.69) is 29.2 Å². The fraction of sp³-hybridized carbons (Fsp3) is 0.667. The van der Waals surface area contributed by atoms with Crippen LogP contribution < -0.4 is 4.74 Å². The second-order valence-electron chi connectivity index (χ2n) is 7.78. The Labute approximate surface area is 156 Å². The number of piperidine rings is 2. The number of carbonyl (C=O) groups excluding carboxylic acids is 1. The maximum Gasteiger partial charge on any atom is 0.222 e. The first-order chi connectivity index (χ1) is 12.6. The van der Waals surface area contributed by atoms with E-state index in [0.29, 0.717) is 26.0 Å². The molecule has 144 valence electrons. The Hall–Kier alpha value is -1.59. The van der Waals surface area contributed by atoms with Crippen LogP contribution in [-0.4, -0.2) is 60.2 Å². The Bertz CT molecular complexity index is 589. The van der Waals surface area contributed by atoms with Crippen LogP contribution in [-0.2, 0) is 11.3 Å². The number of benzene rings is 1. The Balaban J connectivity index is 1.60. The minimum atomic E-state index is 0.153. The van der Waals surface area contributed by atoms with Gasteiger partial charge >= 0.3 is 0 Å². The smallest absolute Gasteiger partial charge is 0.222 e. The van der Waals surface area contributed by atoms with E-state index in [-0.39, 0.29) is 17.9 Å². The highest BCUT2D eigenvalue weighted by Gasteiger charge is 2.41. The van der Waals surface area contributed by atoms with Crippen LogP contribution in [0.1, 0.15) is 44.6 Å². The van der Waals surface area contributed by atoms with E-state index < -0.39 is 0 Å². The first-order valence-corrected chi connectivity index (χ1v) is 9.97. The van der Waals surface area contributed by atoms with Crippen molar-refractivity contribution < 1.29 is 14.6 Å². The summed E-state index contributed by atoms with van der Waals surface area (Å²) in [6, 6.07) is 8.41. The zero-order valence-corrected chi connectivity index (χ0v) is 16.0. The summed E-state index contributed by atoms with van der Waals surface area (Å²) in [5, 5.41) is 9.09. The van der Waals surface area contributed by atoms with Crippen LogP contribution >= 0.6 is 0 Å². The summed E-state index contributed by atoms with van der Waals surface area (Å²) in [4.78, 5) is 16.7. The van der Waals surface area contributed by atoms with Gasteiger partial charge in [-0.05, 0) is 56.8 Å². The van der Waals surface area contributed by atoms with Crippen LogP contribution in [0.2, 0.25) is 0 Å². The highest BCUT2D eigenvalue weighted by Crippen LogP contribution is 2.39. The standard InChI is InChI=1S/C21H32N2O3/c1-2-26-19-7-5-18(6-8-19)15-22-12-3-10-21(16-22)11-9-20(25)23(17-21)13-4-14-24/h5-8,24H,2-4,9-17H2,1H3. The van der Waals surface area contributed by atoms with E-state index >= 15 is 0 Å². The molecule has 2 heterocycles. The molecular formula is C21H32N2O3. The largest absolute Gasteiger partial charge is 0.494 e. The molecule has 3 rings (SSSR count). The van der Waals surface area contributed by atoms with Gasteiger partial charge < -0.3 is 14.7 Å². The highest BCUT2D eigenvalue weighted by atomic mass is 16.5. The monoisotopic (exact) mass is 360 g/mol. The number of rotatable bonds is 7. The number of nitrogens with zero attached hydrogens (tertiary/aromatic N) is 2. The highest BCUT2D eigenvalue weighted by molar-refractivity contribution is 5.77. The van der Waals surface area contributed by atoms with Crippen LogP contribution in [0.4, 0.5) is 0 Å². The second-order valence-corrected chi connectivity index (χ2v) is 7.78. The van der Waals surface area contributed by atoms with Crippen molar-refractivity contribution in [3.8, 4) is 5.75 Å². The number of hydrogen-bond donors (Lipinski definition) is 1. The Morgan fingerprint density at radius 3 is 2.73 bits per heavy atom. The molecule has 1 atom stereocenters. The van der Waals surface area contributed by atoms with Gasteiger partial charge in [-0.25, -0.2) is 0 Å². The lowest BCUT2D eigenvalue weighted by Gasteiger charge is -2.48. The van der Waals surface area contributed by atoms with Gasteiger partial charge in [0.15, 0.2) is 0 Å². The molecule has 1 aromatic carbocycles. The lowest BCUT2D eigenvalue weighted by Crippen LogP contribution is -2.54. The molecule has 5 heteroatoms. The van der Waals surface area contributed by atoms with E-state index in [0.717, 1.165) is 38.3 Å². The molecule has 2 saturated heterocycles. The summed E-state index contributed by atoms with van der Waals surface area (Å²) >= 11 is 0. The maximum atomic E-state index is 12.2. The summed E-state index contributed by atoms with van der Waals surface area (Å²) in [6.45, 7) is 7.53. The third-order valence-corrected chi connectivity index (χ3v) is 5.72. The number of hydrogen-bond acceptors (Lipinski definition) is 4. The number of aliphatic hydroxyl groups is 1. The number of carbonyl (C=O) groups is 1. The van der Waals surface area contributed by atoms with Gasteiger partial charge in [0.1, 0.15) is 5.75 Å². The predicted octanol–water partition coefficient (Wildman–Crippen LogP) is 2.67. The van der Waals surface area contributed by atoms with E-state index in [9.17, 15) is 4.79 Å². The molecule has 2 fully saturated rings. The minimum absolute atomic E-state index is 0.153. The normalized spacial score (nSPS) is 24.2. The van der Waals surface area contributed by atoms with Crippen LogP contribution in [0.3, 0.4) is 0 Å². The third kappa shape index (κ3) is 4.77. The number of likely N-dealkylation sites (tertiary alicyclic amines) is 2. The van der Waals surface area contributed by atoms with Crippen molar-refractivity contribution in [2.75, 3.05) is 39.4 Å². The molecule has 0 saturated carbocycles. The van der Waals surface area contributed by atoms with E-state index in [1.54, 1.807) is 0 Å². The van der Waals surface area contributed by atoms with E-state index in [1.807, 2.05) is 11.8 Å². The molecule has 0 bridgehead atoms. The van der Waals surface area contributed by atoms with Crippen LogP contribution in [0, 0.1) is 5.41 Å². The van der Waals surface area contributed by atoms with Crippen LogP contribution in [0.25, 0.3) is 0 Å². The molecule has 2 aliphatic rings. The zero-order valence-electron chi connectivity index (χ0n) is 16.0. The quantitative estimate of drug-likeness (QED) is 0.812. The Kier molecular flexibility index (Phi) is 6.54. The van der Waals surface area contributed by atoms with E-state index in [4.69, 9.17) is 9.84 Å². The number of aliphatic hydroxyl groups excluding tert-OH is 1. The minimum Gasteiger partial charge on any atom is -0.494 e. The number of amides is 1. The van der Waals surface area contributed by atoms with Crippen molar-refractivity contribution in [2.45, 2.75) is 45.6 Å². The van der Waals surface area contributed by atoms with Gasteiger partial charge in [-0.15, -0.1) is 0 Å². The summed E-state index contributed by atoms with van der Waals surface area (Å²) in [5.41, 5.74) is 1.54. The first-order valence-electron chi connectivity index (χ1n) is 9.97. The van der Waals surface area contributed by atoms with Crippen molar-refractivity contribution in [2.24, 2.45) is 5.41 Å². The maximum absolute atomic E-state index is 12.2. The molecule has 1 N–H and O–H groups in total. The van der Waals surface area contributed by atoms with Crippen molar-refractivity contribution in [3.63, 3.8) is 0 Å². The van der Waals surface area contributed by atoms with Crippen LogP contribution in [0.15, 0.2) is 24.3 Å². The van der Waals surface area contributed by atoms with Crippen molar-refractivity contribution in [1.82, 2.24) is 9.80 Å². The fourth-order valence-electron chi connectivity index (χ4n) is 4.46. The topological polar surface area (TPSA) is 53.0 Å². The van der Waals surface area contributed by atoms with E-state index in [1.165, 1.54) is 18.4 Å². The molecule has 2 aliphatic heterocycles. The lowest BCUT2D eigenvalue weighted by atomic mass is 9.73. The molecule has 1 aromatic rings. The molecule has 1 spiro atoms. The van der Waals surface area contributed by atoms with Crippen molar-refractivity contribution >= 4 is 5.91 Å². The Morgan fingerprint density at radius 1 is 1.19 bits per heavy atom. The van der Waals surface area contributed by atoms with Crippen molar-refractivity contribution in [1.29, 1.82) is 0 Å². The van der Waals surface area contributed by atoms with Gasteiger partial charge in [0.25, 0.3) is 0 Å². The number of ether oxygens (including phenoxy) is 1. The molecule has 1 unspecified atom stereocenters. The average Bonchev–Trinajstić information content (AvgIpc) is 2.65. The van der Waals surface area contributed by atoms with Gasteiger partial charge in [0.2, 0.25) is 5.91 Å². The van der Waals surface area contributed by atoms with Gasteiger partial charge in [0, 0.05) is 44.6 Å². The first kappa shape index (κ1) is 19.2. The van der Waals surface area contributed by atoms with Gasteiger partial charge in [-0.3, -0.25) is 9.69 Å². The molecule has 0 aromatic heterocycles. The zero-order chi connectivity index (χ0) is 18.4. The van der Waals surface area contributed by atoms with Gasteiger partial charge in [0.05, 0.1) is 6.61 Å². The summed E-state index contributed by atoms with van der Waals surface area (Å²) in [6.07, 6.45) is 4.73. The van der Waals surface area contributed by atoms with Crippen molar-refractivity contribution in [3.05, 3.63) is 29.8 Å². The molecule has 0 radical (unpaired) electrons. The molecule has 1 amide bonds. The Morgan fingerprint density at radius 2 is 2.00 bits per heavy atom. The second kappa shape index (κ2) is 8.87. The molecule has 26 heavy (non-hydrogen) atoms. The van der Waals surface area contributed by atoms with Crippen LogP contribution in [0.5, 0.6) is 5.75 Å². The summed E-state index contributed by atoms with van der Waals surface area (Å²) < 4.78 is 5.53. The fourth-order valence-corrected chi connectivity index (χ4v) is 4.46. The predicted molar refractivity (Wildman–Crippen MR) is 102 cm³/mol. The van der Waals surface area contributed by atoms with Gasteiger partial charge in [-0.2, -0.15) is 0 Å². The van der Waals surface area contributed by atoms with Gasteiger partial charge in [-0.1, -0.05) is 12.1 Å². The third-order valence-electron chi connectivity index (χ3n) is 5.72. The SMILES string of the molecule is CCOc1ccc(CN2CCCC3(CCC(=O)N(CCCO)C3)C2)cc1. The summed E-state index contributed by atoms with van der Waals surface area (Å²) in [7, 11) is 0. The molecule has 5 nitrogen and oxygen atoms in total.